The van der Waals surface area contributed by atoms with Crippen LogP contribution in [0.15, 0.2) is 82.7 Å². The van der Waals surface area contributed by atoms with Crippen LogP contribution in [0.1, 0.15) is 10.4 Å². The molecule has 0 spiro atoms. The molecule has 1 heterocycles. The molecule has 0 atom stereocenters. The molecule has 3 aromatic rings. The average Bonchev–Trinajstić information content (AvgIpc) is 2.68. The molecule has 0 aliphatic heterocycles. The number of carbonyl (C=O) groups excluding carboxylic acids is 2. The lowest BCUT2D eigenvalue weighted by molar-refractivity contribution is -0.119. The van der Waals surface area contributed by atoms with Crippen LogP contribution >= 0.6 is 23.4 Å². The minimum atomic E-state index is -0.638. The normalized spacial score (nSPS) is 10.3. The Balaban J connectivity index is 1.60. The van der Waals surface area contributed by atoms with Gasteiger partial charge in [0.25, 0.3) is 5.91 Å². The maximum atomic E-state index is 12.2. The zero-order valence-electron chi connectivity index (χ0n) is 14.1. The first kappa shape index (κ1) is 18.9. The van der Waals surface area contributed by atoms with Gasteiger partial charge >= 0.3 is 5.97 Å². The Bertz CT molecular complexity index is 951. The van der Waals surface area contributed by atoms with Crippen LogP contribution in [-0.2, 0) is 9.53 Å². The first-order valence-corrected chi connectivity index (χ1v) is 9.22. The number of amides is 1. The second-order valence-electron chi connectivity index (χ2n) is 5.40. The first-order valence-electron chi connectivity index (χ1n) is 8.02. The molecule has 3 rings (SSSR count). The molecule has 1 aromatic heterocycles. The third kappa shape index (κ3) is 5.57. The lowest BCUT2D eigenvalue weighted by Gasteiger charge is -2.11. The van der Waals surface area contributed by atoms with Crippen LogP contribution in [0.25, 0.3) is 0 Å². The van der Waals surface area contributed by atoms with E-state index in [1.165, 1.54) is 30.1 Å². The third-order valence-electron chi connectivity index (χ3n) is 3.43. The number of hydrogen-bond donors (Lipinski definition) is 1. The molecule has 0 unspecified atom stereocenters. The molecule has 0 saturated heterocycles. The fourth-order valence-corrected chi connectivity index (χ4v) is 3.30. The van der Waals surface area contributed by atoms with E-state index in [-0.39, 0.29) is 10.7 Å². The molecule has 0 saturated carbocycles. The number of rotatable bonds is 6. The Labute approximate surface area is 165 Å². The summed E-state index contributed by atoms with van der Waals surface area (Å²) in [6.45, 7) is -0.400. The standard InChI is InChI=1S/C20H15ClN2O3S/c21-18-12-14(10-11-22-18)20(25)26-13-19(24)23-16-8-4-5-9-17(16)27-15-6-2-1-3-7-15/h1-12H,13H2,(H,23,24). The molecule has 2 aromatic carbocycles. The van der Waals surface area contributed by atoms with E-state index >= 15 is 0 Å². The Hall–Kier alpha value is -2.83. The van der Waals surface area contributed by atoms with Gasteiger partial charge in [-0.1, -0.05) is 53.7 Å². The molecule has 136 valence electrons. The summed E-state index contributed by atoms with van der Waals surface area (Å²) in [6.07, 6.45) is 1.40. The summed E-state index contributed by atoms with van der Waals surface area (Å²) in [5.41, 5.74) is 0.891. The van der Waals surface area contributed by atoms with E-state index < -0.39 is 18.5 Å². The van der Waals surface area contributed by atoms with Crippen molar-refractivity contribution in [1.29, 1.82) is 0 Å². The molecule has 7 heteroatoms. The second-order valence-corrected chi connectivity index (χ2v) is 6.91. The minimum Gasteiger partial charge on any atom is -0.452 e. The van der Waals surface area contributed by atoms with Crippen molar-refractivity contribution in [2.24, 2.45) is 0 Å². The topological polar surface area (TPSA) is 68.3 Å². The zero-order chi connectivity index (χ0) is 19.1. The molecule has 1 amide bonds. The van der Waals surface area contributed by atoms with Gasteiger partial charge in [0, 0.05) is 16.0 Å². The number of anilines is 1. The number of nitrogens with one attached hydrogen (secondary N) is 1. The monoisotopic (exact) mass is 398 g/mol. The highest BCUT2D eigenvalue weighted by Gasteiger charge is 2.12. The number of esters is 1. The van der Waals surface area contributed by atoms with Crippen LogP contribution in [0.4, 0.5) is 5.69 Å². The highest BCUT2D eigenvalue weighted by atomic mass is 35.5. The molecule has 5 nitrogen and oxygen atoms in total. The van der Waals surface area contributed by atoms with E-state index in [2.05, 4.69) is 10.3 Å². The Morgan fingerprint density at radius 2 is 1.78 bits per heavy atom. The summed E-state index contributed by atoms with van der Waals surface area (Å²) in [7, 11) is 0. The van der Waals surface area contributed by atoms with Gasteiger partial charge in [0.05, 0.1) is 11.3 Å². The summed E-state index contributed by atoms with van der Waals surface area (Å²) in [5, 5.41) is 2.95. The van der Waals surface area contributed by atoms with E-state index in [1.54, 1.807) is 6.07 Å². The molecule has 0 aliphatic carbocycles. The molecular weight excluding hydrogens is 384 g/mol. The molecule has 0 aliphatic rings. The van der Waals surface area contributed by atoms with Gasteiger partial charge in [-0.2, -0.15) is 0 Å². The maximum absolute atomic E-state index is 12.2. The fraction of sp³-hybridized carbons (Fsp3) is 0.0500. The summed E-state index contributed by atoms with van der Waals surface area (Å²) >= 11 is 7.28. The number of nitrogens with zero attached hydrogens (tertiary/aromatic N) is 1. The number of pyridine rings is 1. The Morgan fingerprint density at radius 1 is 1.04 bits per heavy atom. The SMILES string of the molecule is O=C(COC(=O)c1ccnc(Cl)c1)Nc1ccccc1Sc1ccccc1. The number of hydrogen-bond acceptors (Lipinski definition) is 5. The van der Waals surface area contributed by atoms with Gasteiger partial charge in [-0.05, 0) is 36.4 Å². The number of para-hydroxylation sites is 1. The van der Waals surface area contributed by atoms with Gasteiger partial charge in [0.15, 0.2) is 6.61 Å². The molecular formula is C20H15ClN2O3S. The number of ether oxygens (including phenoxy) is 1. The highest BCUT2D eigenvalue weighted by molar-refractivity contribution is 7.99. The van der Waals surface area contributed by atoms with Crippen molar-refractivity contribution in [3.63, 3.8) is 0 Å². The van der Waals surface area contributed by atoms with E-state index in [0.717, 1.165) is 9.79 Å². The van der Waals surface area contributed by atoms with Crippen molar-refractivity contribution >= 4 is 40.9 Å². The van der Waals surface area contributed by atoms with Gasteiger partial charge in [-0.15, -0.1) is 0 Å². The highest BCUT2D eigenvalue weighted by Crippen LogP contribution is 2.33. The van der Waals surface area contributed by atoms with Gasteiger partial charge in [0.1, 0.15) is 5.15 Å². The van der Waals surface area contributed by atoms with Gasteiger partial charge in [-0.3, -0.25) is 4.79 Å². The lowest BCUT2D eigenvalue weighted by Crippen LogP contribution is -2.21. The van der Waals surface area contributed by atoms with Crippen molar-refractivity contribution in [2.45, 2.75) is 9.79 Å². The molecule has 0 fully saturated rings. The number of halogens is 1. The van der Waals surface area contributed by atoms with Crippen molar-refractivity contribution < 1.29 is 14.3 Å². The van der Waals surface area contributed by atoms with Gasteiger partial charge < -0.3 is 10.1 Å². The summed E-state index contributed by atoms with van der Waals surface area (Å²) < 4.78 is 5.03. The average molecular weight is 399 g/mol. The minimum absolute atomic E-state index is 0.181. The van der Waals surface area contributed by atoms with E-state index in [0.29, 0.717) is 5.69 Å². The van der Waals surface area contributed by atoms with Crippen molar-refractivity contribution in [1.82, 2.24) is 4.98 Å². The summed E-state index contributed by atoms with van der Waals surface area (Å²) in [4.78, 5) is 29.9. The predicted molar refractivity (Wildman–Crippen MR) is 105 cm³/mol. The quantitative estimate of drug-likeness (QED) is 0.482. The second kappa shape index (κ2) is 9.21. The van der Waals surface area contributed by atoms with E-state index in [1.807, 2.05) is 48.5 Å². The summed E-state index contributed by atoms with van der Waals surface area (Å²) in [5.74, 6) is -1.06. The van der Waals surface area contributed by atoms with Gasteiger partial charge in [0.2, 0.25) is 0 Å². The lowest BCUT2D eigenvalue weighted by atomic mass is 10.3. The number of carbonyl (C=O) groups is 2. The van der Waals surface area contributed by atoms with E-state index in [9.17, 15) is 9.59 Å². The van der Waals surface area contributed by atoms with Crippen molar-refractivity contribution in [3.8, 4) is 0 Å². The van der Waals surface area contributed by atoms with Crippen molar-refractivity contribution in [2.75, 3.05) is 11.9 Å². The molecule has 1 N–H and O–H groups in total. The van der Waals surface area contributed by atoms with Crippen LogP contribution in [0.5, 0.6) is 0 Å². The maximum Gasteiger partial charge on any atom is 0.338 e. The van der Waals surface area contributed by atoms with E-state index in [4.69, 9.17) is 16.3 Å². The molecule has 0 bridgehead atoms. The van der Waals surface area contributed by atoms with Gasteiger partial charge in [-0.25, -0.2) is 9.78 Å². The zero-order valence-corrected chi connectivity index (χ0v) is 15.7. The first-order chi connectivity index (χ1) is 13.1. The van der Waals surface area contributed by atoms with Crippen molar-refractivity contribution in [3.05, 3.63) is 83.6 Å². The Morgan fingerprint density at radius 3 is 2.56 bits per heavy atom. The predicted octanol–water partition coefficient (Wildman–Crippen LogP) is 4.68. The smallest absolute Gasteiger partial charge is 0.338 e. The van der Waals surface area contributed by atoms with Crippen LogP contribution in [-0.4, -0.2) is 23.5 Å². The molecule has 0 radical (unpaired) electrons. The van der Waals surface area contributed by atoms with Crippen LogP contribution in [0, 0.1) is 0 Å². The third-order valence-corrected chi connectivity index (χ3v) is 4.72. The largest absolute Gasteiger partial charge is 0.452 e. The fourth-order valence-electron chi connectivity index (χ4n) is 2.20. The van der Waals surface area contributed by atoms with Crippen LogP contribution in [0.3, 0.4) is 0 Å². The number of aromatic nitrogens is 1. The van der Waals surface area contributed by atoms with Crippen LogP contribution < -0.4 is 5.32 Å². The molecule has 27 heavy (non-hydrogen) atoms. The number of benzene rings is 2. The Kier molecular flexibility index (Phi) is 6.46. The summed E-state index contributed by atoms with van der Waals surface area (Å²) in [6, 6.07) is 20.1. The van der Waals surface area contributed by atoms with Crippen LogP contribution in [0.2, 0.25) is 5.15 Å².